The molecule has 0 radical (unpaired) electrons. The van der Waals surface area contributed by atoms with Gasteiger partial charge in [-0.1, -0.05) is 89.7 Å². The summed E-state index contributed by atoms with van der Waals surface area (Å²) in [7, 11) is 0. The highest BCUT2D eigenvalue weighted by Crippen LogP contribution is 2.29. The van der Waals surface area contributed by atoms with Crippen molar-refractivity contribution in [3.8, 4) is 11.5 Å². The Morgan fingerprint density at radius 2 is 1.19 bits per heavy atom. The molecule has 1 aromatic carbocycles. The maximum atomic E-state index is 9.77. The maximum Gasteiger partial charge on any atom is 0.160 e. The summed E-state index contributed by atoms with van der Waals surface area (Å²) in [6, 6.07) is 5.20. The molecule has 1 aromatic rings. The van der Waals surface area contributed by atoms with Crippen LogP contribution in [0.3, 0.4) is 0 Å². The van der Waals surface area contributed by atoms with Gasteiger partial charge in [-0.25, -0.2) is 0 Å². The SMILES string of the molecule is CCCCCCCCCCOCCCCCCCCc1cccc(O)c1O. The zero-order valence-electron chi connectivity index (χ0n) is 17.6. The summed E-state index contributed by atoms with van der Waals surface area (Å²) in [6.07, 6.45) is 18.8. The number of aromatic hydroxyl groups is 2. The van der Waals surface area contributed by atoms with Gasteiger partial charge in [-0.15, -0.1) is 0 Å². The fourth-order valence-electron chi connectivity index (χ4n) is 3.45. The van der Waals surface area contributed by atoms with E-state index in [9.17, 15) is 10.2 Å². The molecule has 0 aliphatic carbocycles. The van der Waals surface area contributed by atoms with Crippen LogP contribution in [-0.2, 0) is 11.2 Å². The van der Waals surface area contributed by atoms with Gasteiger partial charge in [0.05, 0.1) is 0 Å². The standard InChI is InChI=1S/C24H42O3/c1-2-3-4-5-6-8-11-14-20-27-21-15-12-9-7-10-13-17-22-18-16-19-23(25)24(22)26/h16,18-19,25-26H,2-15,17,20-21H2,1H3. The fraction of sp³-hybridized carbons (Fsp3) is 0.750. The van der Waals surface area contributed by atoms with Gasteiger partial charge in [-0.3, -0.25) is 0 Å². The molecule has 0 saturated heterocycles. The molecular formula is C24H42O3. The molecule has 0 unspecified atom stereocenters. The van der Waals surface area contributed by atoms with E-state index < -0.39 is 0 Å². The number of benzene rings is 1. The number of unbranched alkanes of at least 4 members (excludes halogenated alkanes) is 12. The average molecular weight is 379 g/mol. The zero-order valence-corrected chi connectivity index (χ0v) is 17.6. The molecule has 0 bridgehead atoms. The number of hydrogen-bond acceptors (Lipinski definition) is 3. The number of phenolic OH excluding ortho intramolecular Hbond substituents is 2. The fourth-order valence-corrected chi connectivity index (χ4v) is 3.45. The van der Waals surface area contributed by atoms with Crippen LogP contribution < -0.4 is 0 Å². The Balaban J connectivity index is 1.79. The van der Waals surface area contributed by atoms with Crippen LogP contribution in [0.25, 0.3) is 0 Å². The molecule has 0 amide bonds. The first-order valence-corrected chi connectivity index (χ1v) is 11.3. The molecule has 0 atom stereocenters. The number of aryl methyl sites for hydroxylation is 1. The Morgan fingerprint density at radius 1 is 0.667 bits per heavy atom. The summed E-state index contributed by atoms with van der Waals surface area (Å²) >= 11 is 0. The molecule has 2 N–H and O–H groups in total. The van der Waals surface area contributed by atoms with E-state index in [4.69, 9.17) is 4.74 Å². The summed E-state index contributed by atoms with van der Waals surface area (Å²) in [5.74, 6) is 0.0330. The minimum Gasteiger partial charge on any atom is -0.504 e. The first-order chi connectivity index (χ1) is 13.3. The predicted octanol–water partition coefficient (Wildman–Crippen LogP) is 7.14. The molecule has 0 fully saturated rings. The van der Waals surface area contributed by atoms with Crippen molar-refractivity contribution in [2.45, 2.75) is 103 Å². The van der Waals surface area contributed by atoms with Crippen LogP contribution in [0.4, 0.5) is 0 Å². The van der Waals surface area contributed by atoms with Gasteiger partial charge in [-0.05, 0) is 37.3 Å². The van der Waals surface area contributed by atoms with E-state index in [0.29, 0.717) is 0 Å². The third-order valence-corrected chi connectivity index (χ3v) is 5.23. The Labute approximate surface area is 167 Å². The van der Waals surface area contributed by atoms with Gasteiger partial charge in [-0.2, -0.15) is 0 Å². The number of para-hydroxylation sites is 1. The summed E-state index contributed by atoms with van der Waals surface area (Å²) in [4.78, 5) is 0. The molecule has 3 nitrogen and oxygen atoms in total. The van der Waals surface area contributed by atoms with Gasteiger partial charge in [0.25, 0.3) is 0 Å². The van der Waals surface area contributed by atoms with Crippen molar-refractivity contribution in [2.75, 3.05) is 13.2 Å². The Morgan fingerprint density at radius 3 is 1.78 bits per heavy atom. The third kappa shape index (κ3) is 12.7. The number of ether oxygens (including phenoxy) is 1. The van der Waals surface area contributed by atoms with E-state index in [1.54, 1.807) is 6.07 Å². The van der Waals surface area contributed by atoms with E-state index in [1.165, 1.54) is 89.5 Å². The second-order valence-corrected chi connectivity index (χ2v) is 7.74. The lowest BCUT2D eigenvalue weighted by atomic mass is 10.0. The van der Waals surface area contributed by atoms with Crippen LogP contribution in [0.15, 0.2) is 18.2 Å². The van der Waals surface area contributed by atoms with Crippen LogP contribution in [0.5, 0.6) is 11.5 Å². The van der Waals surface area contributed by atoms with Crippen LogP contribution in [0.2, 0.25) is 0 Å². The van der Waals surface area contributed by atoms with Gasteiger partial charge in [0.1, 0.15) is 0 Å². The smallest absolute Gasteiger partial charge is 0.160 e. The van der Waals surface area contributed by atoms with Crippen LogP contribution in [-0.4, -0.2) is 23.4 Å². The highest BCUT2D eigenvalue weighted by atomic mass is 16.5. The topological polar surface area (TPSA) is 49.7 Å². The largest absolute Gasteiger partial charge is 0.504 e. The summed E-state index contributed by atoms with van der Waals surface area (Å²) in [5.41, 5.74) is 0.851. The summed E-state index contributed by atoms with van der Waals surface area (Å²) in [6.45, 7) is 4.11. The molecule has 1 rings (SSSR count). The van der Waals surface area contributed by atoms with Gasteiger partial charge >= 0.3 is 0 Å². The molecule has 0 heterocycles. The molecule has 156 valence electrons. The lowest BCUT2D eigenvalue weighted by Crippen LogP contribution is -1.97. The van der Waals surface area contributed by atoms with E-state index in [2.05, 4.69) is 6.92 Å². The molecular weight excluding hydrogens is 336 g/mol. The Hall–Kier alpha value is -1.22. The van der Waals surface area contributed by atoms with Crippen molar-refractivity contribution >= 4 is 0 Å². The lowest BCUT2D eigenvalue weighted by molar-refractivity contribution is 0.125. The average Bonchev–Trinajstić information content (AvgIpc) is 2.67. The van der Waals surface area contributed by atoms with Gasteiger partial charge < -0.3 is 14.9 Å². The monoisotopic (exact) mass is 378 g/mol. The first kappa shape index (κ1) is 23.8. The number of phenols is 2. The van der Waals surface area contributed by atoms with Crippen LogP contribution >= 0.6 is 0 Å². The van der Waals surface area contributed by atoms with Gasteiger partial charge in [0.15, 0.2) is 11.5 Å². The lowest BCUT2D eigenvalue weighted by Gasteiger charge is -2.06. The van der Waals surface area contributed by atoms with Crippen LogP contribution in [0.1, 0.15) is 102 Å². The third-order valence-electron chi connectivity index (χ3n) is 5.23. The van der Waals surface area contributed by atoms with Crippen LogP contribution in [0, 0.1) is 0 Å². The summed E-state index contributed by atoms with van der Waals surface area (Å²) < 4.78 is 5.74. The molecule has 0 spiro atoms. The second kappa shape index (κ2) is 16.9. The van der Waals surface area contributed by atoms with Gasteiger partial charge in [0, 0.05) is 13.2 Å². The quantitative estimate of drug-likeness (QED) is 0.211. The van der Waals surface area contributed by atoms with E-state index in [1.807, 2.05) is 6.07 Å². The molecule has 0 aromatic heterocycles. The summed E-state index contributed by atoms with van der Waals surface area (Å²) in [5, 5.41) is 19.3. The number of rotatable bonds is 18. The predicted molar refractivity (Wildman–Crippen MR) is 115 cm³/mol. The normalized spacial score (nSPS) is 11.1. The maximum absolute atomic E-state index is 9.77. The zero-order chi connectivity index (χ0) is 19.6. The van der Waals surface area contributed by atoms with E-state index >= 15 is 0 Å². The van der Waals surface area contributed by atoms with Crippen molar-refractivity contribution in [1.29, 1.82) is 0 Å². The second-order valence-electron chi connectivity index (χ2n) is 7.74. The molecule has 3 heteroatoms. The Bertz CT molecular complexity index is 459. The Kier molecular flexibility index (Phi) is 14.9. The minimum absolute atomic E-state index is 0.0144. The van der Waals surface area contributed by atoms with E-state index in [-0.39, 0.29) is 11.5 Å². The van der Waals surface area contributed by atoms with Crippen molar-refractivity contribution < 1.29 is 14.9 Å². The molecule has 0 saturated carbocycles. The molecule has 0 aliphatic rings. The van der Waals surface area contributed by atoms with E-state index in [0.717, 1.165) is 31.6 Å². The van der Waals surface area contributed by atoms with Gasteiger partial charge in [0.2, 0.25) is 0 Å². The molecule has 27 heavy (non-hydrogen) atoms. The minimum atomic E-state index is -0.0144. The highest BCUT2D eigenvalue weighted by molar-refractivity contribution is 5.44. The van der Waals surface area contributed by atoms with Crippen molar-refractivity contribution in [1.82, 2.24) is 0 Å². The van der Waals surface area contributed by atoms with Crippen molar-refractivity contribution in [2.24, 2.45) is 0 Å². The molecule has 0 aliphatic heterocycles. The van der Waals surface area contributed by atoms with Crippen molar-refractivity contribution in [3.05, 3.63) is 23.8 Å². The number of hydrogen-bond donors (Lipinski definition) is 2. The highest BCUT2D eigenvalue weighted by Gasteiger charge is 2.04. The van der Waals surface area contributed by atoms with Crippen molar-refractivity contribution in [3.63, 3.8) is 0 Å². The first-order valence-electron chi connectivity index (χ1n) is 11.3.